The van der Waals surface area contributed by atoms with Gasteiger partial charge in [0, 0.05) is 6.04 Å². The number of ether oxygens (including phenoxy) is 1. The average molecular weight is 214 g/mol. The lowest BCUT2D eigenvalue weighted by molar-refractivity contribution is 0.351. The summed E-state index contributed by atoms with van der Waals surface area (Å²) >= 11 is 0. The number of hydrogen-bond donors (Lipinski definition) is 1. The summed E-state index contributed by atoms with van der Waals surface area (Å²) in [4.78, 5) is 0. The summed E-state index contributed by atoms with van der Waals surface area (Å²) in [5.74, 6) is 1.60. The lowest BCUT2D eigenvalue weighted by Gasteiger charge is -2.32. The van der Waals surface area contributed by atoms with Crippen LogP contribution in [0.15, 0.2) is 24.3 Å². The van der Waals surface area contributed by atoms with E-state index in [0.29, 0.717) is 12.0 Å². The van der Waals surface area contributed by atoms with Crippen LogP contribution in [0.3, 0.4) is 0 Å². The molecule has 1 aromatic rings. The Labute approximate surface area is 90.9 Å². The van der Waals surface area contributed by atoms with E-state index in [-0.39, 0.29) is 12.4 Å². The normalized spacial score (nSPS) is 24.7. The standard InChI is InChI=1S/C11H15NO.ClH/c1-13-11-4-2-8(3-5-11)9-6-10(12)7-9;/h2-5,9-10H,6-7,12H2,1H3;1H. The van der Waals surface area contributed by atoms with Gasteiger partial charge in [-0.15, -0.1) is 12.4 Å². The number of nitrogens with two attached hydrogens (primary N) is 1. The molecule has 1 aromatic carbocycles. The lowest BCUT2D eigenvalue weighted by Crippen LogP contribution is -2.34. The van der Waals surface area contributed by atoms with E-state index in [2.05, 4.69) is 12.1 Å². The maximum absolute atomic E-state index is 5.74. The molecule has 78 valence electrons. The van der Waals surface area contributed by atoms with E-state index >= 15 is 0 Å². The zero-order valence-electron chi connectivity index (χ0n) is 8.27. The Morgan fingerprint density at radius 2 is 1.79 bits per heavy atom. The third-order valence-corrected chi connectivity index (χ3v) is 2.76. The quantitative estimate of drug-likeness (QED) is 0.819. The van der Waals surface area contributed by atoms with Gasteiger partial charge >= 0.3 is 0 Å². The predicted octanol–water partition coefficient (Wildman–Crippen LogP) is 2.32. The molecule has 1 aliphatic carbocycles. The molecule has 0 saturated heterocycles. The number of hydrogen-bond acceptors (Lipinski definition) is 2. The minimum atomic E-state index is 0. The van der Waals surface area contributed by atoms with Crippen LogP contribution in [-0.2, 0) is 0 Å². The Morgan fingerprint density at radius 1 is 1.21 bits per heavy atom. The molecule has 0 radical (unpaired) electrons. The molecule has 2 N–H and O–H groups in total. The van der Waals surface area contributed by atoms with Crippen LogP contribution >= 0.6 is 12.4 Å². The Kier molecular flexibility index (Phi) is 3.78. The zero-order valence-corrected chi connectivity index (χ0v) is 9.09. The maximum atomic E-state index is 5.74. The fraction of sp³-hybridized carbons (Fsp3) is 0.455. The second kappa shape index (κ2) is 4.67. The van der Waals surface area contributed by atoms with Gasteiger partial charge in [-0.3, -0.25) is 0 Å². The van der Waals surface area contributed by atoms with Crippen molar-refractivity contribution >= 4 is 12.4 Å². The molecule has 0 atom stereocenters. The number of methoxy groups -OCH3 is 1. The first kappa shape index (κ1) is 11.3. The summed E-state index contributed by atoms with van der Waals surface area (Å²) in [6.07, 6.45) is 2.26. The van der Waals surface area contributed by atoms with E-state index in [1.165, 1.54) is 5.56 Å². The summed E-state index contributed by atoms with van der Waals surface area (Å²) in [5, 5.41) is 0. The smallest absolute Gasteiger partial charge is 0.118 e. The van der Waals surface area contributed by atoms with E-state index in [1.807, 2.05) is 12.1 Å². The number of rotatable bonds is 2. The Morgan fingerprint density at radius 3 is 2.21 bits per heavy atom. The van der Waals surface area contributed by atoms with Gasteiger partial charge < -0.3 is 10.5 Å². The molecule has 3 heteroatoms. The van der Waals surface area contributed by atoms with Crippen molar-refractivity contribution < 1.29 is 4.74 Å². The molecule has 0 unspecified atom stereocenters. The molecule has 2 rings (SSSR count). The summed E-state index contributed by atoms with van der Waals surface area (Å²) in [5.41, 5.74) is 7.13. The first-order valence-corrected chi connectivity index (χ1v) is 4.69. The largest absolute Gasteiger partial charge is 0.497 e. The highest BCUT2D eigenvalue weighted by atomic mass is 35.5. The molecule has 1 aliphatic rings. The van der Waals surface area contributed by atoms with Gasteiger partial charge in [-0.2, -0.15) is 0 Å². The molecule has 0 aromatic heterocycles. The second-order valence-corrected chi connectivity index (χ2v) is 3.70. The van der Waals surface area contributed by atoms with E-state index in [1.54, 1.807) is 7.11 Å². The van der Waals surface area contributed by atoms with Gasteiger partial charge in [0.1, 0.15) is 5.75 Å². The Bertz CT molecular complexity index is 280. The molecular weight excluding hydrogens is 198 g/mol. The van der Waals surface area contributed by atoms with Crippen LogP contribution in [0.4, 0.5) is 0 Å². The molecule has 0 spiro atoms. The van der Waals surface area contributed by atoms with Crippen LogP contribution < -0.4 is 10.5 Å². The topological polar surface area (TPSA) is 35.2 Å². The van der Waals surface area contributed by atoms with Crippen molar-refractivity contribution in [1.82, 2.24) is 0 Å². The van der Waals surface area contributed by atoms with Gasteiger partial charge in [0.15, 0.2) is 0 Å². The van der Waals surface area contributed by atoms with Crippen molar-refractivity contribution in [2.75, 3.05) is 7.11 Å². The van der Waals surface area contributed by atoms with Crippen LogP contribution in [0, 0.1) is 0 Å². The van der Waals surface area contributed by atoms with Crippen LogP contribution in [0.1, 0.15) is 24.3 Å². The second-order valence-electron chi connectivity index (χ2n) is 3.70. The van der Waals surface area contributed by atoms with Crippen molar-refractivity contribution in [3.63, 3.8) is 0 Å². The van der Waals surface area contributed by atoms with Crippen LogP contribution in [-0.4, -0.2) is 13.2 Å². The number of halogens is 1. The highest BCUT2D eigenvalue weighted by molar-refractivity contribution is 5.85. The molecule has 1 fully saturated rings. The maximum Gasteiger partial charge on any atom is 0.118 e. The molecule has 0 amide bonds. The van der Waals surface area contributed by atoms with Crippen molar-refractivity contribution in [3.8, 4) is 5.75 Å². The van der Waals surface area contributed by atoms with Crippen LogP contribution in [0.2, 0.25) is 0 Å². The first-order chi connectivity index (χ1) is 6.29. The van der Waals surface area contributed by atoms with E-state index in [0.717, 1.165) is 18.6 Å². The van der Waals surface area contributed by atoms with E-state index in [9.17, 15) is 0 Å². The summed E-state index contributed by atoms with van der Waals surface area (Å²) in [6, 6.07) is 8.72. The van der Waals surface area contributed by atoms with Gasteiger partial charge in [-0.1, -0.05) is 12.1 Å². The fourth-order valence-electron chi connectivity index (χ4n) is 1.81. The van der Waals surface area contributed by atoms with Crippen molar-refractivity contribution in [2.24, 2.45) is 5.73 Å². The Balaban J connectivity index is 0.000000980. The zero-order chi connectivity index (χ0) is 9.26. The van der Waals surface area contributed by atoms with Crippen molar-refractivity contribution in [3.05, 3.63) is 29.8 Å². The minimum Gasteiger partial charge on any atom is -0.497 e. The lowest BCUT2D eigenvalue weighted by atomic mass is 9.76. The number of benzene rings is 1. The van der Waals surface area contributed by atoms with Gasteiger partial charge in [0.25, 0.3) is 0 Å². The molecule has 2 nitrogen and oxygen atoms in total. The summed E-state index contributed by atoms with van der Waals surface area (Å²) in [7, 11) is 1.69. The minimum absolute atomic E-state index is 0. The molecule has 0 heterocycles. The third kappa shape index (κ3) is 2.20. The predicted molar refractivity (Wildman–Crippen MR) is 60.2 cm³/mol. The van der Waals surface area contributed by atoms with Crippen molar-refractivity contribution in [2.45, 2.75) is 24.8 Å². The van der Waals surface area contributed by atoms with Crippen LogP contribution in [0.25, 0.3) is 0 Å². The summed E-state index contributed by atoms with van der Waals surface area (Å²) in [6.45, 7) is 0. The van der Waals surface area contributed by atoms with Gasteiger partial charge in [-0.25, -0.2) is 0 Å². The SMILES string of the molecule is COc1ccc(C2CC(N)C2)cc1.Cl. The highest BCUT2D eigenvalue weighted by Crippen LogP contribution is 2.35. The molecule has 1 saturated carbocycles. The van der Waals surface area contributed by atoms with Crippen LogP contribution in [0.5, 0.6) is 5.75 Å². The molecule has 14 heavy (non-hydrogen) atoms. The fourth-order valence-corrected chi connectivity index (χ4v) is 1.81. The molecular formula is C11H16ClNO. The molecule has 0 bridgehead atoms. The van der Waals surface area contributed by atoms with Crippen molar-refractivity contribution in [1.29, 1.82) is 0 Å². The Hall–Kier alpha value is -0.730. The molecule has 0 aliphatic heterocycles. The first-order valence-electron chi connectivity index (χ1n) is 4.69. The van der Waals surface area contributed by atoms with Gasteiger partial charge in [-0.05, 0) is 36.5 Å². The monoisotopic (exact) mass is 213 g/mol. The van der Waals surface area contributed by atoms with Gasteiger partial charge in [0.2, 0.25) is 0 Å². The van der Waals surface area contributed by atoms with E-state index < -0.39 is 0 Å². The average Bonchev–Trinajstić information content (AvgIpc) is 2.13. The third-order valence-electron chi connectivity index (χ3n) is 2.76. The summed E-state index contributed by atoms with van der Waals surface area (Å²) < 4.78 is 5.10. The van der Waals surface area contributed by atoms with Gasteiger partial charge in [0.05, 0.1) is 7.11 Å². The van der Waals surface area contributed by atoms with E-state index in [4.69, 9.17) is 10.5 Å². The highest BCUT2D eigenvalue weighted by Gasteiger charge is 2.26.